The Kier molecular flexibility index (Phi) is 8.69. The Balaban J connectivity index is 0.00000149. The lowest BCUT2D eigenvalue weighted by Crippen LogP contribution is -2.39. The molecule has 178 valence electrons. The number of aliphatic hydroxyl groups is 1. The van der Waals surface area contributed by atoms with E-state index in [0.29, 0.717) is 41.2 Å². The van der Waals surface area contributed by atoms with E-state index in [1.54, 1.807) is 17.1 Å². The number of benzene rings is 1. The lowest BCUT2D eigenvalue weighted by Gasteiger charge is -2.38. The maximum atomic E-state index is 9.24. The summed E-state index contributed by atoms with van der Waals surface area (Å²) >= 11 is 6.44. The van der Waals surface area contributed by atoms with Crippen molar-refractivity contribution < 1.29 is 5.11 Å². The van der Waals surface area contributed by atoms with Gasteiger partial charge in [-0.1, -0.05) is 57.9 Å². The summed E-state index contributed by atoms with van der Waals surface area (Å²) in [6.07, 6.45) is 6.55. The number of rotatable bonds is 7. The minimum atomic E-state index is 0.0372. The molecule has 1 aliphatic carbocycles. The highest BCUT2D eigenvalue weighted by Gasteiger charge is 2.32. The predicted molar refractivity (Wildman–Crippen MR) is 137 cm³/mol. The number of fused-ring (bicyclic) bond motifs is 1. The molecule has 1 fully saturated rings. The van der Waals surface area contributed by atoms with Gasteiger partial charge in [-0.25, -0.2) is 4.98 Å². The monoisotopic (exact) mass is 470 g/mol. The van der Waals surface area contributed by atoms with E-state index in [9.17, 15) is 5.11 Å². The Morgan fingerprint density at radius 3 is 2.76 bits per heavy atom. The first-order chi connectivity index (χ1) is 16.0. The molecule has 0 amide bonds. The van der Waals surface area contributed by atoms with Gasteiger partial charge in [0.1, 0.15) is 5.02 Å². The van der Waals surface area contributed by atoms with Gasteiger partial charge in [0.15, 0.2) is 5.82 Å². The van der Waals surface area contributed by atoms with Gasteiger partial charge in [-0.15, -0.1) is 0 Å². The number of anilines is 3. The molecule has 7 nitrogen and oxygen atoms in total. The highest BCUT2D eigenvalue weighted by Crippen LogP contribution is 2.36. The topological polar surface area (TPSA) is 87.9 Å². The molecular weight excluding hydrogens is 436 g/mol. The summed E-state index contributed by atoms with van der Waals surface area (Å²) in [5.41, 5.74) is 3.10. The molecule has 0 aliphatic heterocycles. The van der Waals surface area contributed by atoms with E-state index in [0.717, 1.165) is 35.9 Å². The number of hydrogen-bond donors (Lipinski definition) is 3. The van der Waals surface area contributed by atoms with Crippen LogP contribution < -0.4 is 10.6 Å². The number of aromatic nitrogens is 4. The summed E-state index contributed by atoms with van der Waals surface area (Å²) in [5.74, 6) is 2.09. The lowest BCUT2D eigenvalue weighted by molar-refractivity contribution is 0.271. The van der Waals surface area contributed by atoms with Crippen LogP contribution in [0.4, 0.5) is 17.5 Å². The molecule has 3 unspecified atom stereocenters. The van der Waals surface area contributed by atoms with Crippen molar-refractivity contribution in [3.63, 3.8) is 0 Å². The van der Waals surface area contributed by atoms with Crippen LogP contribution in [0, 0.1) is 11.8 Å². The molecule has 2 aromatic heterocycles. The average molecular weight is 471 g/mol. The minimum absolute atomic E-state index is 0.0372. The molecular formula is C25H35ClN6O. The molecule has 3 atom stereocenters. The van der Waals surface area contributed by atoms with E-state index in [1.807, 2.05) is 32.0 Å². The van der Waals surface area contributed by atoms with Gasteiger partial charge in [0, 0.05) is 17.1 Å². The van der Waals surface area contributed by atoms with Gasteiger partial charge < -0.3 is 15.7 Å². The van der Waals surface area contributed by atoms with E-state index in [2.05, 4.69) is 46.1 Å². The van der Waals surface area contributed by atoms with Crippen LogP contribution in [0.5, 0.6) is 0 Å². The Hall–Kier alpha value is -2.64. The smallest absolute Gasteiger partial charge is 0.229 e. The Labute approximate surface area is 201 Å². The highest BCUT2D eigenvalue weighted by atomic mass is 35.5. The van der Waals surface area contributed by atoms with Crippen molar-refractivity contribution in [1.29, 1.82) is 0 Å². The number of nitrogens with zero attached hydrogens (tertiary/aromatic N) is 4. The third kappa shape index (κ3) is 5.84. The molecule has 4 rings (SSSR count). The Bertz CT molecular complexity index is 1080. The number of hydrogen-bond acceptors (Lipinski definition) is 6. The fraction of sp³-hybridized carbons (Fsp3) is 0.480. The highest BCUT2D eigenvalue weighted by molar-refractivity contribution is 6.32. The van der Waals surface area contributed by atoms with Crippen LogP contribution in [0.2, 0.25) is 5.02 Å². The van der Waals surface area contributed by atoms with Crippen LogP contribution in [0.15, 0.2) is 42.7 Å². The molecule has 1 saturated carbocycles. The first kappa shape index (κ1) is 25.0. The molecule has 2 heterocycles. The van der Waals surface area contributed by atoms with E-state index < -0.39 is 0 Å². The first-order valence-corrected chi connectivity index (χ1v) is 12.2. The first-order valence-electron chi connectivity index (χ1n) is 11.8. The number of allylic oxidation sites excluding steroid dienone is 1. The van der Waals surface area contributed by atoms with E-state index in [-0.39, 0.29) is 6.61 Å². The van der Waals surface area contributed by atoms with E-state index in [1.165, 1.54) is 5.57 Å². The van der Waals surface area contributed by atoms with Gasteiger partial charge in [-0.05, 0) is 42.9 Å². The van der Waals surface area contributed by atoms with Gasteiger partial charge >= 0.3 is 0 Å². The molecule has 0 bridgehead atoms. The lowest BCUT2D eigenvalue weighted by atomic mass is 9.74. The average Bonchev–Trinajstić information content (AvgIpc) is 3.21. The summed E-state index contributed by atoms with van der Waals surface area (Å²) in [7, 11) is 0. The third-order valence-electron chi connectivity index (χ3n) is 6.07. The maximum absolute atomic E-state index is 9.24. The summed E-state index contributed by atoms with van der Waals surface area (Å²) in [5, 5.41) is 21.9. The molecule has 0 radical (unpaired) electrons. The number of halogens is 1. The largest absolute Gasteiger partial charge is 0.394 e. The van der Waals surface area contributed by atoms with Crippen molar-refractivity contribution in [2.75, 3.05) is 17.2 Å². The maximum Gasteiger partial charge on any atom is 0.229 e. The fourth-order valence-corrected chi connectivity index (χ4v) is 4.67. The predicted octanol–water partition coefficient (Wildman–Crippen LogP) is 6.03. The van der Waals surface area contributed by atoms with Crippen LogP contribution in [-0.2, 0) is 6.54 Å². The number of aliphatic hydroxyl groups excluding tert-OH is 1. The Morgan fingerprint density at radius 1 is 1.24 bits per heavy atom. The van der Waals surface area contributed by atoms with E-state index in [4.69, 9.17) is 11.6 Å². The second kappa shape index (κ2) is 11.5. The normalized spacial score (nSPS) is 20.3. The van der Waals surface area contributed by atoms with Crippen molar-refractivity contribution in [2.24, 2.45) is 11.8 Å². The van der Waals surface area contributed by atoms with Gasteiger partial charge in [0.05, 0.1) is 31.1 Å². The van der Waals surface area contributed by atoms with Crippen molar-refractivity contribution >= 4 is 40.0 Å². The quantitative estimate of drug-likeness (QED) is 0.365. The molecule has 0 saturated heterocycles. The zero-order valence-electron chi connectivity index (χ0n) is 20.0. The molecule has 1 aliphatic rings. The van der Waals surface area contributed by atoms with Crippen LogP contribution in [0.25, 0.3) is 10.9 Å². The summed E-state index contributed by atoms with van der Waals surface area (Å²) in [4.78, 5) is 9.01. The van der Waals surface area contributed by atoms with Crippen molar-refractivity contribution in [3.05, 3.63) is 47.8 Å². The van der Waals surface area contributed by atoms with E-state index >= 15 is 0 Å². The SMILES string of the molecule is C=C1CC(C)C(Nc2nc(Nc3ccc4cnn(CCO)c4c3)ncc2Cl)C(CC)C1.CC. The van der Waals surface area contributed by atoms with Gasteiger partial charge in [0.2, 0.25) is 5.95 Å². The van der Waals surface area contributed by atoms with Gasteiger partial charge in [0.25, 0.3) is 0 Å². The summed E-state index contributed by atoms with van der Waals surface area (Å²) in [6.45, 7) is 13.2. The standard InChI is InChI=1S/C23H29ClN6O.C2H6/c1-4-16-10-14(2)9-15(3)21(16)28-22-19(24)13-25-23(29-22)27-18-6-5-17-12-26-30(7-8-31)20(17)11-18;1-2/h5-6,11-13,15-16,21,31H,2,4,7-10H2,1,3H3,(H2,25,27,28,29);1-2H3. The molecule has 3 aromatic rings. The second-order valence-corrected chi connectivity index (χ2v) is 8.76. The van der Waals surface area contributed by atoms with Gasteiger partial charge in [-0.2, -0.15) is 10.1 Å². The van der Waals surface area contributed by atoms with Crippen LogP contribution in [0.1, 0.15) is 47.0 Å². The van der Waals surface area contributed by atoms with Crippen molar-refractivity contribution in [2.45, 2.75) is 59.5 Å². The van der Waals surface area contributed by atoms with Crippen LogP contribution in [-0.4, -0.2) is 37.5 Å². The van der Waals surface area contributed by atoms with Crippen molar-refractivity contribution in [1.82, 2.24) is 19.7 Å². The molecule has 0 spiro atoms. The van der Waals surface area contributed by atoms with Crippen LogP contribution in [0.3, 0.4) is 0 Å². The van der Waals surface area contributed by atoms with Crippen LogP contribution >= 0.6 is 11.6 Å². The van der Waals surface area contributed by atoms with Gasteiger partial charge in [-0.3, -0.25) is 4.68 Å². The molecule has 33 heavy (non-hydrogen) atoms. The Morgan fingerprint density at radius 2 is 2.03 bits per heavy atom. The number of nitrogens with one attached hydrogen (secondary N) is 2. The zero-order chi connectivity index (χ0) is 24.0. The molecule has 8 heteroatoms. The fourth-order valence-electron chi connectivity index (χ4n) is 4.52. The summed E-state index contributed by atoms with van der Waals surface area (Å²) < 4.78 is 1.78. The molecule has 1 aromatic carbocycles. The summed E-state index contributed by atoms with van der Waals surface area (Å²) in [6, 6.07) is 6.21. The second-order valence-electron chi connectivity index (χ2n) is 8.35. The zero-order valence-corrected chi connectivity index (χ0v) is 20.7. The third-order valence-corrected chi connectivity index (χ3v) is 6.34. The minimum Gasteiger partial charge on any atom is -0.394 e. The molecule has 3 N–H and O–H groups in total. The van der Waals surface area contributed by atoms with Crippen molar-refractivity contribution in [3.8, 4) is 0 Å².